The molecule has 0 bridgehead atoms. The summed E-state index contributed by atoms with van der Waals surface area (Å²) in [5, 5.41) is 12.2. The van der Waals surface area contributed by atoms with Gasteiger partial charge in [0.1, 0.15) is 17.6 Å². The number of carbonyl (C=O) groups is 2. The number of carbonyl (C=O) groups excluding carboxylic acids is 2. The maximum absolute atomic E-state index is 14.4. The Balaban J connectivity index is 1.56. The summed E-state index contributed by atoms with van der Waals surface area (Å²) in [7, 11) is 0. The molecule has 43 heavy (non-hydrogen) atoms. The molecular weight excluding hydrogens is 587 g/mol. The van der Waals surface area contributed by atoms with Gasteiger partial charge >= 0.3 is 0 Å². The first-order valence-corrected chi connectivity index (χ1v) is 15.0. The quantitative estimate of drug-likeness (QED) is 0.261. The minimum Gasteiger partial charge on any atom is -0.507 e. The van der Waals surface area contributed by atoms with E-state index in [9.17, 15) is 14.7 Å². The van der Waals surface area contributed by atoms with Crippen molar-refractivity contribution in [3.63, 3.8) is 0 Å². The summed E-state index contributed by atoms with van der Waals surface area (Å²) in [5.74, 6) is -0.0339. The van der Waals surface area contributed by atoms with E-state index in [2.05, 4.69) is 0 Å². The van der Waals surface area contributed by atoms with Crippen LogP contribution in [0.25, 0.3) is 11.4 Å². The Kier molecular flexibility index (Phi) is 7.71. The molecule has 10 heteroatoms. The molecule has 1 saturated heterocycles. The molecule has 1 unspecified atom stereocenters. The molecule has 1 aromatic heterocycles. The molecule has 3 heterocycles. The Morgan fingerprint density at radius 1 is 0.977 bits per heavy atom. The minimum absolute atomic E-state index is 0.0293. The summed E-state index contributed by atoms with van der Waals surface area (Å²) in [6.07, 6.45) is 0. The normalized spacial score (nSPS) is 16.7. The maximum Gasteiger partial charge on any atom is 0.279 e. The van der Waals surface area contributed by atoms with Crippen LogP contribution in [0.15, 0.2) is 54.6 Å². The Morgan fingerprint density at radius 2 is 1.67 bits per heavy atom. The summed E-state index contributed by atoms with van der Waals surface area (Å²) in [6.45, 7) is 9.89. The number of amides is 2. The largest absolute Gasteiger partial charge is 0.507 e. The second-order valence-corrected chi connectivity index (χ2v) is 12.2. The predicted octanol–water partition coefficient (Wildman–Crippen LogP) is 6.98. The zero-order chi connectivity index (χ0) is 30.6. The van der Waals surface area contributed by atoms with Gasteiger partial charge in [0.2, 0.25) is 0 Å². The first kappa shape index (κ1) is 29.2. The van der Waals surface area contributed by atoms with E-state index in [1.54, 1.807) is 34.1 Å². The highest BCUT2D eigenvalue weighted by Gasteiger charge is 2.45. The van der Waals surface area contributed by atoms with Gasteiger partial charge in [-0.15, -0.1) is 0 Å². The lowest BCUT2D eigenvalue weighted by molar-refractivity contribution is 0.0303. The van der Waals surface area contributed by atoms with Gasteiger partial charge in [-0.3, -0.25) is 14.5 Å². The Morgan fingerprint density at radius 3 is 2.37 bits per heavy atom. The van der Waals surface area contributed by atoms with Gasteiger partial charge in [0.15, 0.2) is 5.69 Å². The topological polar surface area (TPSA) is 87.9 Å². The first-order valence-electron chi connectivity index (χ1n) is 14.2. The van der Waals surface area contributed by atoms with Gasteiger partial charge in [-0.25, -0.2) is 4.98 Å². The second kappa shape index (κ2) is 11.3. The van der Waals surface area contributed by atoms with Crippen molar-refractivity contribution < 1.29 is 19.4 Å². The number of aryl methyl sites for hydroxylation is 2. The van der Waals surface area contributed by atoms with E-state index in [1.165, 1.54) is 6.07 Å². The van der Waals surface area contributed by atoms with Crippen molar-refractivity contribution in [3.8, 4) is 17.1 Å². The Hall–Kier alpha value is -3.85. The molecule has 1 N–H and O–H groups in total. The van der Waals surface area contributed by atoms with Crippen LogP contribution >= 0.6 is 23.2 Å². The third-order valence-electron chi connectivity index (χ3n) is 8.14. The summed E-state index contributed by atoms with van der Waals surface area (Å²) in [6, 6.07) is 15.2. The van der Waals surface area contributed by atoms with Crippen molar-refractivity contribution in [1.29, 1.82) is 0 Å². The van der Waals surface area contributed by atoms with Crippen LogP contribution in [0.5, 0.6) is 5.75 Å². The minimum atomic E-state index is -0.541. The zero-order valence-corrected chi connectivity index (χ0v) is 25.9. The van der Waals surface area contributed by atoms with Crippen LogP contribution in [0.3, 0.4) is 0 Å². The number of morpholine rings is 1. The highest BCUT2D eigenvalue weighted by Crippen LogP contribution is 2.47. The average Bonchev–Trinajstić information content (AvgIpc) is 3.50. The SMILES string of the molecule is Cc1cc(Cl)ccc1C1c2c(nc(-c3cc(C(=O)N4CCOCC4)ccc3O)n2C(C)C)C(=O)N1c1cc(Cl)ccc1C. The molecular formula is C33H32Cl2N4O4. The summed E-state index contributed by atoms with van der Waals surface area (Å²) in [4.78, 5) is 36.1. The molecule has 1 atom stereocenters. The lowest BCUT2D eigenvalue weighted by Gasteiger charge is -2.30. The van der Waals surface area contributed by atoms with E-state index >= 15 is 0 Å². The number of phenols is 1. The van der Waals surface area contributed by atoms with Crippen molar-refractivity contribution in [1.82, 2.24) is 14.5 Å². The predicted molar refractivity (Wildman–Crippen MR) is 167 cm³/mol. The number of ether oxygens (including phenoxy) is 1. The second-order valence-electron chi connectivity index (χ2n) is 11.3. The van der Waals surface area contributed by atoms with E-state index in [0.717, 1.165) is 16.7 Å². The van der Waals surface area contributed by atoms with Crippen LogP contribution in [-0.4, -0.2) is 57.7 Å². The van der Waals surface area contributed by atoms with Gasteiger partial charge in [0.25, 0.3) is 11.8 Å². The number of halogens is 2. The lowest BCUT2D eigenvalue weighted by atomic mass is 9.97. The van der Waals surface area contributed by atoms with Gasteiger partial charge < -0.3 is 19.3 Å². The molecule has 0 spiro atoms. The number of hydrogen-bond donors (Lipinski definition) is 1. The van der Waals surface area contributed by atoms with Crippen molar-refractivity contribution >= 4 is 40.7 Å². The fraction of sp³-hybridized carbons (Fsp3) is 0.303. The van der Waals surface area contributed by atoms with E-state index in [4.69, 9.17) is 32.9 Å². The smallest absolute Gasteiger partial charge is 0.279 e. The molecule has 1 fully saturated rings. The number of hydrogen-bond acceptors (Lipinski definition) is 5. The van der Waals surface area contributed by atoms with Crippen molar-refractivity contribution in [2.45, 2.75) is 39.8 Å². The standard InChI is InChI=1S/C33H32Cl2N4O4/c1-18(2)38-30-28(36-31(38)25-16-21(6-10-27(25)40)32(41)37-11-13-43-14-12-37)33(42)39(26-17-23(35)7-5-19(26)3)29(30)24-9-8-22(34)15-20(24)4/h5-10,15-18,29,40H,11-14H2,1-4H3. The number of nitrogens with zero attached hydrogens (tertiary/aromatic N) is 4. The third kappa shape index (κ3) is 5.07. The molecule has 2 aliphatic heterocycles. The number of aromatic nitrogens is 2. The molecule has 8 nitrogen and oxygen atoms in total. The van der Waals surface area contributed by atoms with E-state index in [1.807, 2.05) is 56.5 Å². The van der Waals surface area contributed by atoms with Gasteiger partial charge in [0, 0.05) is 40.4 Å². The Bertz CT molecular complexity index is 1760. The zero-order valence-electron chi connectivity index (χ0n) is 24.4. The Labute approximate surface area is 260 Å². The van der Waals surface area contributed by atoms with Crippen molar-refractivity contribution in [2.75, 3.05) is 31.2 Å². The molecule has 222 valence electrons. The number of benzene rings is 3. The van der Waals surface area contributed by atoms with Crippen molar-refractivity contribution in [2.24, 2.45) is 0 Å². The van der Waals surface area contributed by atoms with Gasteiger partial charge in [0.05, 0.1) is 24.5 Å². The van der Waals surface area contributed by atoms with Gasteiger partial charge in [-0.1, -0.05) is 35.3 Å². The van der Waals surface area contributed by atoms with E-state index in [-0.39, 0.29) is 29.3 Å². The summed E-state index contributed by atoms with van der Waals surface area (Å²) in [5.41, 5.74) is 5.19. The molecule has 2 amide bonds. The molecule has 3 aromatic carbocycles. The number of imidazole rings is 1. The molecule has 4 aromatic rings. The van der Waals surface area contributed by atoms with Crippen molar-refractivity contribution in [3.05, 3.63) is 98.3 Å². The third-order valence-corrected chi connectivity index (χ3v) is 8.61. The molecule has 0 saturated carbocycles. The monoisotopic (exact) mass is 618 g/mol. The number of fused-ring (bicyclic) bond motifs is 1. The van der Waals surface area contributed by atoms with E-state index < -0.39 is 6.04 Å². The number of aromatic hydroxyl groups is 1. The summed E-state index contributed by atoms with van der Waals surface area (Å²) < 4.78 is 7.39. The fourth-order valence-corrected chi connectivity index (χ4v) is 6.44. The van der Waals surface area contributed by atoms with Crippen LogP contribution in [0.4, 0.5) is 5.69 Å². The first-order chi connectivity index (χ1) is 20.6. The van der Waals surface area contributed by atoms with Crippen LogP contribution in [-0.2, 0) is 4.74 Å². The molecule has 6 rings (SSSR count). The average molecular weight is 620 g/mol. The molecule has 2 aliphatic rings. The highest BCUT2D eigenvalue weighted by atomic mass is 35.5. The highest BCUT2D eigenvalue weighted by molar-refractivity contribution is 6.31. The van der Waals surface area contributed by atoms with Crippen LogP contribution in [0.2, 0.25) is 10.0 Å². The maximum atomic E-state index is 14.4. The molecule has 0 radical (unpaired) electrons. The molecule has 0 aliphatic carbocycles. The number of rotatable bonds is 5. The fourth-order valence-electron chi connectivity index (χ4n) is 6.05. The lowest BCUT2D eigenvalue weighted by Crippen LogP contribution is -2.40. The number of anilines is 1. The van der Waals surface area contributed by atoms with Crippen LogP contribution in [0.1, 0.15) is 69.2 Å². The van der Waals surface area contributed by atoms with Gasteiger partial charge in [-0.05, 0) is 86.8 Å². The van der Waals surface area contributed by atoms with E-state index in [0.29, 0.717) is 64.7 Å². The van der Waals surface area contributed by atoms with Crippen LogP contribution in [0, 0.1) is 13.8 Å². The van der Waals surface area contributed by atoms with Gasteiger partial charge in [-0.2, -0.15) is 0 Å². The van der Waals surface area contributed by atoms with Crippen LogP contribution < -0.4 is 4.90 Å². The summed E-state index contributed by atoms with van der Waals surface area (Å²) >= 11 is 12.8. The number of phenolic OH excluding ortho intramolecular Hbond substituents is 1.